The molecule has 2 amide bonds. The Morgan fingerprint density at radius 1 is 1.22 bits per heavy atom. The molecule has 1 fully saturated rings. The van der Waals surface area contributed by atoms with Gasteiger partial charge >= 0.3 is 0 Å². The summed E-state index contributed by atoms with van der Waals surface area (Å²) in [5.41, 5.74) is 1.18. The van der Waals surface area contributed by atoms with Crippen LogP contribution in [0.4, 0.5) is 4.39 Å². The van der Waals surface area contributed by atoms with E-state index in [2.05, 4.69) is 5.32 Å². The second kappa shape index (κ2) is 8.84. The fourth-order valence-electron chi connectivity index (χ4n) is 3.59. The van der Waals surface area contributed by atoms with E-state index in [0.717, 1.165) is 25.8 Å². The largest absolute Gasteiger partial charge is 0.352 e. The normalized spacial score (nSPS) is 17.0. The molecule has 1 aliphatic heterocycles. The molecule has 1 atom stereocenters. The van der Waals surface area contributed by atoms with Crippen molar-refractivity contribution in [2.45, 2.75) is 32.2 Å². The van der Waals surface area contributed by atoms with Gasteiger partial charge < -0.3 is 14.8 Å². The van der Waals surface area contributed by atoms with Gasteiger partial charge in [-0.1, -0.05) is 18.2 Å². The van der Waals surface area contributed by atoms with E-state index >= 15 is 0 Å². The van der Waals surface area contributed by atoms with Crippen LogP contribution >= 0.6 is 0 Å². The van der Waals surface area contributed by atoms with Gasteiger partial charge in [0.2, 0.25) is 5.91 Å². The zero-order valence-corrected chi connectivity index (χ0v) is 15.7. The minimum Gasteiger partial charge on any atom is -0.352 e. The minimum atomic E-state index is -0.306. The maximum atomic E-state index is 13.6. The molecule has 2 heterocycles. The average Bonchev–Trinajstić information content (AvgIpc) is 3.11. The number of nitrogens with one attached hydrogen (secondary N) is 1. The van der Waals surface area contributed by atoms with Crippen molar-refractivity contribution in [2.75, 3.05) is 13.1 Å². The molecule has 0 radical (unpaired) electrons. The standard InChI is InChI=1S/C21H26FN3O2/c1-24-12-5-9-19(24)21(27)25-13-4-6-16(15-25)10-11-20(26)23-14-17-7-2-3-8-18(17)22/h2-3,5,7-9,12,16H,4,6,10-11,13-15H2,1H3,(H,23,26)/t16-/m0/s1. The maximum absolute atomic E-state index is 13.6. The molecular weight excluding hydrogens is 345 g/mol. The van der Waals surface area contributed by atoms with Crippen molar-refractivity contribution < 1.29 is 14.0 Å². The van der Waals surface area contributed by atoms with E-state index in [4.69, 9.17) is 0 Å². The van der Waals surface area contributed by atoms with E-state index in [9.17, 15) is 14.0 Å². The van der Waals surface area contributed by atoms with Gasteiger partial charge in [0.25, 0.3) is 5.91 Å². The van der Waals surface area contributed by atoms with Crippen molar-refractivity contribution in [3.05, 3.63) is 59.7 Å². The molecule has 1 aliphatic rings. The molecule has 0 aliphatic carbocycles. The van der Waals surface area contributed by atoms with Gasteiger partial charge in [-0.3, -0.25) is 9.59 Å². The summed E-state index contributed by atoms with van der Waals surface area (Å²) in [5, 5.41) is 2.78. The number of aryl methyl sites for hydroxylation is 1. The van der Waals surface area contributed by atoms with Gasteiger partial charge in [-0.2, -0.15) is 0 Å². The Bertz CT molecular complexity index is 802. The molecular formula is C21H26FN3O2. The van der Waals surface area contributed by atoms with E-state index in [1.54, 1.807) is 18.2 Å². The zero-order valence-electron chi connectivity index (χ0n) is 15.7. The van der Waals surface area contributed by atoms with Gasteiger partial charge in [-0.25, -0.2) is 4.39 Å². The molecule has 5 nitrogen and oxygen atoms in total. The number of hydrogen-bond donors (Lipinski definition) is 1. The van der Waals surface area contributed by atoms with Crippen molar-refractivity contribution >= 4 is 11.8 Å². The maximum Gasteiger partial charge on any atom is 0.270 e. The minimum absolute atomic E-state index is 0.0520. The van der Waals surface area contributed by atoms with E-state index in [-0.39, 0.29) is 24.2 Å². The Balaban J connectivity index is 1.45. The fourth-order valence-corrected chi connectivity index (χ4v) is 3.59. The van der Waals surface area contributed by atoms with Crippen LogP contribution in [0.3, 0.4) is 0 Å². The third-order valence-corrected chi connectivity index (χ3v) is 5.18. The number of benzene rings is 1. The van der Waals surface area contributed by atoms with Crippen molar-refractivity contribution in [2.24, 2.45) is 13.0 Å². The topological polar surface area (TPSA) is 54.3 Å². The van der Waals surface area contributed by atoms with Crippen LogP contribution in [0.15, 0.2) is 42.6 Å². The highest BCUT2D eigenvalue weighted by molar-refractivity contribution is 5.92. The number of aromatic nitrogens is 1. The third kappa shape index (κ3) is 4.96. The second-order valence-electron chi connectivity index (χ2n) is 7.17. The van der Waals surface area contributed by atoms with Gasteiger partial charge in [-0.15, -0.1) is 0 Å². The van der Waals surface area contributed by atoms with Crippen LogP contribution in [0.2, 0.25) is 0 Å². The van der Waals surface area contributed by atoms with Crippen LogP contribution in [0.1, 0.15) is 41.7 Å². The van der Waals surface area contributed by atoms with Crippen LogP contribution in [0, 0.1) is 11.7 Å². The Morgan fingerprint density at radius 2 is 2.04 bits per heavy atom. The Morgan fingerprint density at radius 3 is 2.78 bits per heavy atom. The lowest BCUT2D eigenvalue weighted by Crippen LogP contribution is -2.40. The molecule has 0 saturated carbocycles. The molecule has 27 heavy (non-hydrogen) atoms. The van der Waals surface area contributed by atoms with E-state index in [0.29, 0.717) is 30.1 Å². The first-order chi connectivity index (χ1) is 13.0. The lowest BCUT2D eigenvalue weighted by Gasteiger charge is -2.32. The number of piperidine rings is 1. The van der Waals surface area contributed by atoms with Crippen LogP contribution in [0.5, 0.6) is 0 Å². The molecule has 3 rings (SSSR count). The zero-order chi connectivity index (χ0) is 19.2. The lowest BCUT2D eigenvalue weighted by molar-refractivity contribution is -0.121. The molecule has 1 aromatic heterocycles. The van der Waals surface area contributed by atoms with Crippen molar-refractivity contribution in [1.29, 1.82) is 0 Å². The summed E-state index contributed by atoms with van der Waals surface area (Å²) in [4.78, 5) is 26.6. The smallest absolute Gasteiger partial charge is 0.270 e. The van der Waals surface area contributed by atoms with Gasteiger partial charge in [-0.05, 0) is 43.4 Å². The third-order valence-electron chi connectivity index (χ3n) is 5.18. The number of carbonyl (C=O) groups excluding carboxylic acids is 2. The van der Waals surface area contributed by atoms with Gasteiger partial charge in [0.15, 0.2) is 0 Å². The highest BCUT2D eigenvalue weighted by Crippen LogP contribution is 2.22. The number of nitrogens with zero attached hydrogens (tertiary/aromatic N) is 2. The van der Waals surface area contributed by atoms with Crippen molar-refractivity contribution in [1.82, 2.24) is 14.8 Å². The summed E-state index contributed by atoms with van der Waals surface area (Å²) in [6.07, 6.45) is 4.98. The molecule has 1 saturated heterocycles. The molecule has 2 aromatic rings. The van der Waals surface area contributed by atoms with E-state index in [1.165, 1.54) is 6.07 Å². The van der Waals surface area contributed by atoms with Crippen LogP contribution in [-0.2, 0) is 18.4 Å². The van der Waals surface area contributed by atoms with Gasteiger partial charge in [0.1, 0.15) is 11.5 Å². The number of amides is 2. The quantitative estimate of drug-likeness (QED) is 0.848. The molecule has 1 aromatic carbocycles. The lowest BCUT2D eigenvalue weighted by atomic mass is 9.93. The van der Waals surface area contributed by atoms with Crippen LogP contribution < -0.4 is 5.32 Å². The van der Waals surface area contributed by atoms with E-state index < -0.39 is 0 Å². The molecule has 0 bridgehead atoms. The predicted molar refractivity (Wildman–Crippen MR) is 102 cm³/mol. The number of carbonyl (C=O) groups is 2. The Labute approximate surface area is 159 Å². The average molecular weight is 371 g/mol. The summed E-state index contributed by atoms with van der Waals surface area (Å²) in [6.45, 7) is 1.65. The Hall–Kier alpha value is -2.63. The number of hydrogen-bond acceptors (Lipinski definition) is 2. The first-order valence-corrected chi connectivity index (χ1v) is 9.45. The second-order valence-corrected chi connectivity index (χ2v) is 7.17. The van der Waals surface area contributed by atoms with E-state index in [1.807, 2.05) is 34.8 Å². The Kier molecular flexibility index (Phi) is 6.27. The highest BCUT2D eigenvalue weighted by Gasteiger charge is 2.25. The molecule has 1 N–H and O–H groups in total. The monoisotopic (exact) mass is 371 g/mol. The fraction of sp³-hybridized carbons (Fsp3) is 0.429. The number of rotatable bonds is 6. The summed E-state index contributed by atoms with van der Waals surface area (Å²) in [6, 6.07) is 10.2. The molecule has 0 spiro atoms. The van der Waals surface area contributed by atoms with Gasteiger partial charge in [0.05, 0.1) is 0 Å². The molecule has 0 unspecified atom stereocenters. The highest BCUT2D eigenvalue weighted by atomic mass is 19.1. The summed E-state index contributed by atoms with van der Waals surface area (Å²) >= 11 is 0. The summed E-state index contributed by atoms with van der Waals surface area (Å²) in [7, 11) is 1.87. The molecule has 144 valence electrons. The molecule has 6 heteroatoms. The van der Waals surface area contributed by atoms with Crippen LogP contribution in [-0.4, -0.2) is 34.4 Å². The van der Waals surface area contributed by atoms with Gasteiger partial charge in [0, 0.05) is 44.9 Å². The van der Waals surface area contributed by atoms with Crippen LogP contribution in [0.25, 0.3) is 0 Å². The first-order valence-electron chi connectivity index (χ1n) is 9.45. The number of halogens is 1. The van der Waals surface area contributed by atoms with Crippen molar-refractivity contribution in [3.63, 3.8) is 0 Å². The number of likely N-dealkylation sites (tertiary alicyclic amines) is 1. The predicted octanol–water partition coefficient (Wildman–Crippen LogP) is 3.11. The van der Waals surface area contributed by atoms with Crippen molar-refractivity contribution in [3.8, 4) is 0 Å². The summed E-state index contributed by atoms with van der Waals surface area (Å²) in [5.74, 6) is -0.0116. The summed E-state index contributed by atoms with van der Waals surface area (Å²) < 4.78 is 15.4. The SMILES string of the molecule is Cn1cccc1C(=O)N1CCC[C@@H](CCC(=O)NCc2ccccc2F)C1. The first kappa shape index (κ1) is 19.1.